The molecule has 1 saturated carbocycles. The van der Waals surface area contributed by atoms with Crippen LogP contribution in [-0.4, -0.2) is 70.8 Å². The number of nitrogens with one attached hydrogen (secondary N) is 1. The van der Waals surface area contributed by atoms with Crippen LogP contribution >= 0.6 is 0 Å². The average molecular weight is 532 g/mol. The lowest BCUT2D eigenvalue weighted by Gasteiger charge is -2.32. The molecule has 0 aromatic heterocycles. The van der Waals surface area contributed by atoms with Gasteiger partial charge in [0.15, 0.2) is 0 Å². The molecular formula is C27H37N3O6S. The monoisotopic (exact) mass is 531 g/mol. The van der Waals surface area contributed by atoms with Crippen LogP contribution < -0.4 is 19.1 Å². The predicted octanol–water partition coefficient (Wildman–Crippen LogP) is 2.99. The second kappa shape index (κ2) is 12.8. The maximum Gasteiger partial charge on any atom is 0.244 e. The van der Waals surface area contributed by atoms with E-state index in [1.165, 1.54) is 25.2 Å². The largest absolute Gasteiger partial charge is 0.497 e. The van der Waals surface area contributed by atoms with E-state index in [0.717, 1.165) is 41.8 Å². The molecule has 0 aliphatic heterocycles. The second-order valence-electron chi connectivity index (χ2n) is 9.30. The summed E-state index contributed by atoms with van der Waals surface area (Å²) in [7, 11) is -0.991. The van der Waals surface area contributed by atoms with Crippen LogP contribution in [0.4, 0.5) is 5.69 Å². The van der Waals surface area contributed by atoms with Gasteiger partial charge in [-0.25, -0.2) is 8.42 Å². The average Bonchev–Trinajstić information content (AvgIpc) is 3.39. The van der Waals surface area contributed by atoms with E-state index in [2.05, 4.69) is 5.32 Å². The minimum absolute atomic E-state index is 0.106. The van der Waals surface area contributed by atoms with Gasteiger partial charge < -0.3 is 19.7 Å². The number of sulfonamides is 1. The summed E-state index contributed by atoms with van der Waals surface area (Å²) in [6, 6.07) is 13.7. The third-order valence-corrected chi connectivity index (χ3v) is 7.81. The summed E-state index contributed by atoms with van der Waals surface area (Å²) in [6.07, 6.45) is 5.55. The highest BCUT2D eigenvalue weighted by atomic mass is 32.2. The van der Waals surface area contributed by atoms with Crippen LogP contribution in [0.25, 0.3) is 0 Å². The van der Waals surface area contributed by atoms with Crippen LogP contribution in [0.15, 0.2) is 48.5 Å². The highest BCUT2D eigenvalue weighted by Gasteiger charge is 2.32. The maximum atomic E-state index is 13.7. The zero-order valence-corrected chi connectivity index (χ0v) is 22.8. The van der Waals surface area contributed by atoms with Crippen LogP contribution in [0.5, 0.6) is 11.5 Å². The first-order valence-electron chi connectivity index (χ1n) is 12.5. The number of methoxy groups -OCH3 is 2. The Bertz CT molecular complexity index is 1170. The van der Waals surface area contributed by atoms with Crippen molar-refractivity contribution in [3.8, 4) is 11.5 Å². The van der Waals surface area contributed by atoms with Gasteiger partial charge >= 0.3 is 0 Å². The van der Waals surface area contributed by atoms with E-state index in [9.17, 15) is 18.0 Å². The number of nitrogens with zero attached hydrogens (tertiary/aromatic N) is 2. The Hall–Kier alpha value is -3.27. The van der Waals surface area contributed by atoms with E-state index in [0.29, 0.717) is 12.2 Å². The molecule has 2 aromatic rings. The number of benzene rings is 2. The molecule has 2 amide bonds. The Labute approximate surface area is 219 Å². The lowest BCUT2D eigenvalue weighted by molar-refractivity contribution is -0.139. The lowest BCUT2D eigenvalue weighted by atomic mass is 10.1. The van der Waals surface area contributed by atoms with E-state index in [1.807, 2.05) is 30.3 Å². The molecule has 1 aliphatic carbocycles. The fourth-order valence-electron chi connectivity index (χ4n) is 4.55. The Kier molecular flexibility index (Phi) is 9.79. The number of hydrogen-bond acceptors (Lipinski definition) is 6. The van der Waals surface area contributed by atoms with E-state index in [-0.39, 0.29) is 29.9 Å². The minimum atomic E-state index is -3.89. The molecule has 0 saturated heterocycles. The van der Waals surface area contributed by atoms with Gasteiger partial charge in [-0.05, 0) is 43.9 Å². The molecule has 0 radical (unpaired) electrons. The first-order chi connectivity index (χ1) is 17.6. The van der Waals surface area contributed by atoms with Gasteiger partial charge in [-0.3, -0.25) is 13.9 Å². The number of ether oxygens (including phenoxy) is 2. The van der Waals surface area contributed by atoms with Crippen molar-refractivity contribution in [2.45, 2.75) is 51.1 Å². The van der Waals surface area contributed by atoms with Crippen molar-refractivity contribution in [3.63, 3.8) is 0 Å². The number of anilines is 1. The summed E-state index contributed by atoms with van der Waals surface area (Å²) in [4.78, 5) is 28.3. The molecule has 1 fully saturated rings. The van der Waals surface area contributed by atoms with Gasteiger partial charge in [-0.1, -0.05) is 43.2 Å². The molecule has 0 heterocycles. The number of hydrogen-bond donors (Lipinski definition) is 1. The van der Waals surface area contributed by atoms with E-state index < -0.39 is 28.5 Å². The third-order valence-electron chi connectivity index (χ3n) is 6.69. The highest BCUT2D eigenvalue weighted by molar-refractivity contribution is 7.92. The van der Waals surface area contributed by atoms with Gasteiger partial charge in [0.25, 0.3) is 0 Å². The first kappa shape index (κ1) is 28.3. The summed E-state index contributed by atoms with van der Waals surface area (Å²) < 4.78 is 37.3. The fraction of sp³-hybridized carbons (Fsp3) is 0.481. The SMILES string of the molecule is COc1ccc(OC)c(N(CC(=O)N(CCc2ccccc2)[C@@H](C)C(=O)NC2CCCC2)S(C)(=O)=O)c1. The molecule has 202 valence electrons. The molecule has 3 rings (SSSR count). The molecule has 0 bridgehead atoms. The normalized spacial score (nSPS) is 14.6. The molecule has 1 aliphatic rings. The van der Waals surface area contributed by atoms with E-state index in [4.69, 9.17) is 9.47 Å². The topological polar surface area (TPSA) is 105 Å². The summed E-state index contributed by atoms with van der Waals surface area (Å²) in [5, 5.41) is 3.06. The second-order valence-corrected chi connectivity index (χ2v) is 11.2. The number of rotatable bonds is 12. The maximum absolute atomic E-state index is 13.7. The minimum Gasteiger partial charge on any atom is -0.497 e. The smallest absolute Gasteiger partial charge is 0.244 e. The van der Waals surface area contributed by atoms with Crippen LogP contribution in [0.2, 0.25) is 0 Å². The summed E-state index contributed by atoms with van der Waals surface area (Å²) in [5.41, 5.74) is 1.20. The van der Waals surface area contributed by atoms with Crippen LogP contribution in [0.1, 0.15) is 38.2 Å². The highest BCUT2D eigenvalue weighted by Crippen LogP contribution is 2.34. The zero-order valence-electron chi connectivity index (χ0n) is 22.0. The van der Waals surface area contributed by atoms with Gasteiger partial charge in [-0.2, -0.15) is 0 Å². The van der Waals surface area contributed by atoms with E-state index in [1.54, 1.807) is 19.1 Å². The van der Waals surface area contributed by atoms with Gasteiger partial charge in [0.1, 0.15) is 24.1 Å². The van der Waals surface area contributed by atoms with Crippen LogP contribution in [-0.2, 0) is 26.0 Å². The van der Waals surface area contributed by atoms with Crippen molar-refractivity contribution in [1.29, 1.82) is 0 Å². The summed E-state index contributed by atoms with van der Waals surface area (Å²) in [6.45, 7) is 1.46. The number of carbonyl (C=O) groups excluding carboxylic acids is 2. The Morgan fingerprint density at radius 2 is 1.73 bits per heavy atom. The fourth-order valence-corrected chi connectivity index (χ4v) is 5.39. The van der Waals surface area contributed by atoms with Gasteiger partial charge in [0.2, 0.25) is 21.8 Å². The van der Waals surface area contributed by atoms with Crippen molar-refractivity contribution in [2.24, 2.45) is 0 Å². The molecular weight excluding hydrogens is 494 g/mol. The lowest BCUT2D eigenvalue weighted by Crippen LogP contribution is -2.53. The standard InChI is InChI=1S/C27H37N3O6S/c1-20(27(32)28-22-12-8-9-13-22)29(17-16-21-10-6-5-7-11-21)26(31)19-30(37(4,33)34)24-18-23(35-2)14-15-25(24)36-3/h5-7,10-11,14-15,18,20,22H,8-9,12-13,16-17,19H2,1-4H3,(H,28,32)/t20-/m0/s1. The van der Waals surface area contributed by atoms with Crippen molar-refractivity contribution >= 4 is 27.5 Å². The first-order valence-corrected chi connectivity index (χ1v) is 14.3. The predicted molar refractivity (Wildman–Crippen MR) is 143 cm³/mol. The molecule has 1 N–H and O–H groups in total. The molecule has 0 unspecified atom stereocenters. The van der Waals surface area contributed by atoms with Crippen molar-refractivity contribution in [2.75, 3.05) is 37.9 Å². The summed E-state index contributed by atoms with van der Waals surface area (Å²) in [5.74, 6) is -0.0255. The third kappa shape index (κ3) is 7.61. The van der Waals surface area contributed by atoms with E-state index >= 15 is 0 Å². The summed E-state index contributed by atoms with van der Waals surface area (Å²) >= 11 is 0. The van der Waals surface area contributed by atoms with Gasteiger partial charge in [0, 0.05) is 18.7 Å². The molecule has 0 spiro atoms. The van der Waals surface area contributed by atoms with Gasteiger partial charge in [0.05, 0.1) is 26.2 Å². The molecule has 1 atom stereocenters. The van der Waals surface area contributed by atoms with Crippen LogP contribution in [0.3, 0.4) is 0 Å². The molecule has 10 heteroatoms. The molecule has 37 heavy (non-hydrogen) atoms. The Balaban J connectivity index is 1.89. The Morgan fingerprint density at radius 1 is 1.05 bits per heavy atom. The number of carbonyl (C=O) groups is 2. The zero-order chi connectivity index (χ0) is 27.0. The van der Waals surface area contributed by atoms with Crippen LogP contribution in [0, 0.1) is 0 Å². The van der Waals surface area contributed by atoms with Crippen molar-refractivity contribution < 1.29 is 27.5 Å². The van der Waals surface area contributed by atoms with Gasteiger partial charge in [-0.15, -0.1) is 0 Å². The number of amides is 2. The van der Waals surface area contributed by atoms with Crippen molar-refractivity contribution in [3.05, 3.63) is 54.1 Å². The molecule has 2 aromatic carbocycles. The van der Waals surface area contributed by atoms with Crippen molar-refractivity contribution in [1.82, 2.24) is 10.2 Å². The Morgan fingerprint density at radius 3 is 2.32 bits per heavy atom. The molecule has 9 nitrogen and oxygen atoms in total. The quantitative estimate of drug-likeness (QED) is 0.452.